The van der Waals surface area contributed by atoms with E-state index in [1.165, 1.54) is 37.7 Å². The zero-order valence-electron chi connectivity index (χ0n) is 50.6. The zero-order chi connectivity index (χ0) is 54.9. The number of benzene rings is 2. The third-order valence-corrected chi connectivity index (χ3v) is 21.1. The van der Waals surface area contributed by atoms with Gasteiger partial charge in [-0.15, -0.1) is 0 Å². The van der Waals surface area contributed by atoms with Crippen molar-refractivity contribution in [2.75, 3.05) is 6.16 Å². The summed E-state index contributed by atoms with van der Waals surface area (Å²) in [5, 5.41) is 61.7. The first-order chi connectivity index (χ1) is 35.3. The summed E-state index contributed by atoms with van der Waals surface area (Å²) in [4.78, 5) is 12.1. The SMILES string of the molecule is C/C(CCCC(C)(C)O)=C1/CC[C@H]2C(=O)CCC[C@]12C.C=C1[C@H](O)CC(=C/C=C2\CCC[C@]3(C)/C(=C(\C)CCCC(C)(C)O)CC[C@@H]23)C[C@H]1O.C=C1[C@H](O)CC(=CCP(=O)(c2ccccc2)c2ccccc2)C[C@H]1O.[Y].[Y].[Y].[Y].[Y].[Y]. The molecule has 2 aromatic carbocycles. The van der Waals surface area contributed by atoms with Crippen LogP contribution in [-0.4, -0.2) is 78.2 Å². The summed E-state index contributed by atoms with van der Waals surface area (Å²) in [6.45, 7) is 24.4. The number of rotatable bonds is 13. The van der Waals surface area contributed by atoms with Crippen LogP contribution in [0.1, 0.15) is 184 Å². The van der Waals surface area contributed by atoms with E-state index in [-0.39, 0.29) is 213 Å². The Kier molecular flexibility index (Phi) is 39.4. The molecule has 6 aliphatic carbocycles. The molecule has 0 aliphatic heterocycles. The maximum absolute atomic E-state index is 13.9. The van der Waals surface area contributed by atoms with Gasteiger partial charge in [0.15, 0.2) is 0 Å². The fraction of sp³-hybridized carbons (Fsp3) is 0.591. The first-order valence-electron chi connectivity index (χ1n) is 28.5. The van der Waals surface area contributed by atoms with Gasteiger partial charge in [-0.05, 0) is 191 Å². The van der Waals surface area contributed by atoms with Crippen molar-refractivity contribution >= 4 is 23.5 Å². The fourth-order valence-corrected chi connectivity index (χ4v) is 16.2. The molecule has 8 rings (SSSR count). The smallest absolute Gasteiger partial charge is 0.146 e. The van der Waals surface area contributed by atoms with Crippen LogP contribution in [0.25, 0.3) is 0 Å². The Labute approximate surface area is 640 Å². The Balaban J connectivity index is 0.00000116. The number of fused-ring (bicyclic) bond motifs is 2. The van der Waals surface area contributed by atoms with Crippen molar-refractivity contribution in [3.05, 3.63) is 142 Å². The third-order valence-electron chi connectivity index (χ3n) is 18.2. The molecular weight excluding hydrogens is 1490 g/mol. The van der Waals surface area contributed by atoms with Gasteiger partial charge in [0.05, 0.1) is 35.6 Å². The average Bonchev–Trinajstić information content (AvgIpc) is 3.91. The minimum atomic E-state index is -2.81. The van der Waals surface area contributed by atoms with Gasteiger partial charge >= 0.3 is 0 Å². The summed E-state index contributed by atoms with van der Waals surface area (Å²) in [5.41, 5.74) is 10.1. The standard InChI is InChI=1S/C27H42O3.C21H23O3P.C18H30O2.6Y/c1-18(8-6-14-26(3,4)30)22-12-13-23-21(9-7-15-27(22,23)5)11-10-20-16-24(28)19(2)25(29)17-20;1-16-20(22)14-17(15-21(16)23)12-13-25(24,18-8-4-2-5-9-18)19-10-6-3-7-11-19;1-13(7-5-11-17(2,3)20)14-9-10-15-16(19)8-6-12-18(14,15)4;;;;;;/h10-11,23-25,28-30H,2,6-9,12-17H2,1,3-5H3;2-12,20-23H,1,13-15H2;15,20H,5-12H2,1-4H3;;;;;;/b21-11+,22-18+;;14-13+;;;;;;/t23-,24+,25+,27+;20-,21-;15-,18+;;;;;;/m010....../s1. The summed E-state index contributed by atoms with van der Waals surface area (Å²) in [6, 6.07) is 19.0. The molecule has 6 aliphatic rings. The number of hydrogen-bond acceptors (Lipinski definition) is 8. The van der Waals surface area contributed by atoms with Crippen LogP contribution in [0.4, 0.5) is 0 Å². The van der Waals surface area contributed by atoms with Crippen LogP contribution in [0.3, 0.4) is 0 Å². The summed E-state index contributed by atoms with van der Waals surface area (Å²) >= 11 is 0. The molecule has 0 bridgehead atoms. The molecule has 2 aromatic rings. The Bertz CT molecular complexity index is 2470. The van der Waals surface area contributed by atoms with Crippen LogP contribution in [0.15, 0.2) is 142 Å². The van der Waals surface area contributed by atoms with E-state index in [2.05, 4.69) is 53.0 Å². The molecular formula is C66H95O8PY6. The number of ketones is 1. The minimum Gasteiger partial charge on any atom is -0.390 e. The van der Waals surface area contributed by atoms with Crippen LogP contribution in [0.5, 0.6) is 0 Å². The van der Waals surface area contributed by atoms with Gasteiger partial charge in [0.25, 0.3) is 0 Å². The molecule has 0 heterocycles. The summed E-state index contributed by atoms with van der Waals surface area (Å²) in [5.74, 6) is 1.39. The van der Waals surface area contributed by atoms with E-state index in [4.69, 9.17) is 0 Å². The predicted molar refractivity (Wildman–Crippen MR) is 310 cm³/mol. The Morgan fingerprint density at radius 1 is 0.593 bits per heavy atom. The van der Waals surface area contributed by atoms with E-state index in [0.717, 1.165) is 92.4 Å². The van der Waals surface area contributed by atoms with Crippen LogP contribution >= 0.6 is 7.14 Å². The maximum Gasteiger partial charge on any atom is 0.146 e. The van der Waals surface area contributed by atoms with Gasteiger partial charge in [-0.25, -0.2) is 0 Å². The van der Waals surface area contributed by atoms with E-state index in [1.807, 2.05) is 94.4 Å². The quantitative estimate of drug-likeness (QED) is 0.0856. The van der Waals surface area contributed by atoms with E-state index in [9.17, 15) is 40.0 Å². The molecule has 8 atom stereocenters. The molecule has 0 aromatic heterocycles. The summed E-state index contributed by atoms with van der Waals surface area (Å²) in [6.07, 6.45) is 23.3. The Hall–Kier alpha value is 2.90. The van der Waals surface area contributed by atoms with Gasteiger partial charge in [0.2, 0.25) is 0 Å². The number of hydrogen-bond donors (Lipinski definition) is 6. The predicted octanol–water partition coefficient (Wildman–Crippen LogP) is 13.2. The first kappa shape index (κ1) is 83.9. The largest absolute Gasteiger partial charge is 0.390 e. The van der Waals surface area contributed by atoms with E-state index in [1.54, 1.807) is 22.3 Å². The number of allylic oxidation sites excluding steroid dienone is 8. The van der Waals surface area contributed by atoms with E-state index < -0.39 is 42.8 Å². The summed E-state index contributed by atoms with van der Waals surface area (Å²) in [7, 11) is -2.81. The van der Waals surface area contributed by atoms with Gasteiger partial charge in [-0.2, -0.15) is 0 Å². The molecule has 0 saturated heterocycles. The summed E-state index contributed by atoms with van der Waals surface area (Å²) < 4.78 is 13.9. The number of carbonyl (C=O) groups excluding carboxylic acids is 1. The number of carbonyl (C=O) groups is 1. The number of Topliss-reactive ketones (excluding diaryl/α,β-unsaturated/α-hetero) is 1. The Morgan fingerprint density at radius 3 is 1.40 bits per heavy atom. The van der Waals surface area contributed by atoms with E-state index >= 15 is 0 Å². The van der Waals surface area contributed by atoms with Gasteiger partial charge < -0.3 is 35.2 Å². The van der Waals surface area contributed by atoms with Crippen molar-refractivity contribution in [1.82, 2.24) is 0 Å². The second kappa shape index (κ2) is 38.0. The van der Waals surface area contributed by atoms with Gasteiger partial charge in [0.1, 0.15) is 12.9 Å². The topological polar surface area (TPSA) is 156 Å². The van der Waals surface area contributed by atoms with Crippen molar-refractivity contribution in [2.45, 2.75) is 219 Å². The average molecular weight is 1580 g/mol. The van der Waals surface area contributed by atoms with Crippen LogP contribution in [-0.2, 0) is 206 Å². The minimum absolute atomic E-state index is 0. The fourth-order valence-electron chi connectivity index (χ4n) is 13.7. The second-order valence-electron chi connectivity index (χ2n) is 25.1. The third kappa shape index (κ3) is 23.5. The molecule has 6 radical (unpaired) electrons. The number of aliphatic hydroxyl groups is 6. The van der Waals surface area contributed by atoms with Crippen LogP contribution in [0, 0.1) is 22.7 Å². The van der Waals surface area contributed by atoms with Crippen molar-refractivity contribution in [2.24, 2.45) is 22.7 Å². The van der Waals surface area contributed by atoms with Gasteiger partial charge in [0, 0.05) is 225 Å². The van der Waals surface area contributed by atoms with Crippen molar-refractivity contribution in [3.8, 4) is 0 Å². The molecule has 6 fully saturated rings. The second-order valence-corrected chi connectivity index (χ2v) is 28.0. The molecule has 0 unspecified atom stereocenters. The molecule has 15 heteroatoms. The Morgan fingerprint density at radius 2 is 0.975 bits per heavy atom. The molecule has 81 heavy (non-hydrogen) atoms. The van der Waals surface area contributed by atoms with E-state index in [0.29, 0.717) is 54.7 Å². The monoisotopic (exact) mass is 1580 g/mol. The van der Waals surface area contributed by atoms with Crippen molar-refractivity contribution in [1.29, 1.82) is 0 Å². The molecule has 6 saturated carbocycles. The molecule has 6 N–H and O–H groups in total. The van der Waals surface area contributed by atoms with Crippen molar-refractivity contribution in [3.63, 3.8) is 0 Å². The van der Waals surface area contributed by atoms with Crippen LogP contribution in [0.2, 0.25) is 0 Å². The molecule has 0 amide bonds. The molecule has 0 spiro atoms. The first-order valence-corrected chi connectivity index (χ1v) is 30.4. The van der Waals surface area contributed by atoms with Gasteiger partial charge in [-0.1, -0.05) is 145 Å². The van der Waals surface area contributed by atoms with Crippen molar-refractivity contribution < 1.29 is 236 Å². The van der Waals surface area contributed by atoms with Crippen LogP contribution < -0.4 is 10.6 Å². The zero-order valence-corrected chi connectivity index (χ0v) is 68.6. The van der Waals surface area contributed by atoms with Gasteiger partial charge in [-0.3, -0.25) is 4.79 Å². The normalized spacial score (nSPS) is 27.9. The number of aliphatic hydroxyl groups excluding tert-OH is 4. The maximum atomic E-state index is 13.9. The molecule has 8 nitrogen and oxygen atoms in total. The molecule has 430 valence electrons.